The number of pyridine rings is 1. The summed E-state index contributed by atoms with van der Waals surface area (Å²) in [5.74, 6) is 0.944. The molecule has 1 aliphatic rings. The number of hydrogen-bond donors (Lipinski definition) is 0. The van der Waals surface area contributed by atoms with E-state index in [0.717, 1.165) is 11.6 Å². The van der Waals surface area contributed by atoms with E-state index in [1.165, 1.54) is 38.0 Å². The standard InChI is InChI=1S/C13H20N2/c1-3-12-6-8-15(9-7-12)13-5-4-11(2)14-10-13/h4-5,10,12H,3,6-9H2,1-2H3. The molecule has 1 aromatic rings. The molecule has 1 fully saturated rings. The first kappa shape index (κ1) is 10.5. The molecule has 1 aliphatic heterocycles. The molecule has 0 amide bonds. The molecule has 15 heavy (non-hydrogen) atoms. The van der Waals surface area contributed by atoms with Crippen LogP contribution in [0.2, 0.25) is 0 Å². The second kappa shape index (κ2) is 4.65. The lowest BCUT2D eigenvalue weighted by molar-refractivity contribution is 0.395. The van der Waals surface area contributed by atoms with Crippen LogP contribution in [0.1, 0.15) is 31.9 Å². The quantitative estimate of drug-likeness (QED) is 0.736. The van der Waals surface area contributed by atoms with Gasteiger partial charge in [-0.25, -0.2) is 0 Å². The van der Waals surface area contributed by atoms with E-state index in [-0.39, 0.29) is 0 Å². The van der Waals surface area contributed by atoms with Gasteiger partial charge in [-0.1, -0.05) is 13.3 Å². The molecule has 0 radical (unpaired) electrons. The van der Waals surface area contributed by atoms with Gasteiger partial charge in [-0.15, -0.1) is 0 Å². The first-order chi connectivity index (χ1) is 7.29. The topological polar surface area (TPSA) is 16.1 Å². The second-order valence-electron chi connectivity index (χ2n) is 4.50. The monoisotopic (exact) mass is 204 g/mol. The minimum Gasteiger partial charge on any atom is -0.370 e. The third kappa shape index (κ3) is 2.49. The lowest BCUT2D eigenvalue weighted by atomic mass is 9.94. The lowest BCUT2D eigenvalue weighted by Gasteiger charge is -2.33. The SMILES string of the molecule is CCC1CCN(c2ccc(C)nc2)CC1. The zero-order valence-corrected chi connectivity index (χ0v) is 9.74. The minimum absolute atomic E-state index is 0.944. The van der Waals surface area contributed by atoms with E-state index in [1.807, 2.05) is 13.1 Å². The third-order valence-electron chi connectivity index (χ3n) is 3.45. The van der Waals surface area contributed by atoms with Crippen molar-refractivity contribution in [2.75, 3.05) is 18.0 Å². The number of piperidine rings is 1. The molecule has 2 rings (SSSR count). The van der Waals surface area contributed by atoms with Gasteiger partial charge in [0.2, 0.25) is 0 Å². The van der Waals surface area contributed by atoms with Gasteiger partial charge in [0.25, 0.3) is 0 Å². The molecule has 0 unspecified atom stereocenters. The van der Waals surface area contributed by atoms with E-state index in [4.69, 9.17) is 0 Å². The summed E-state index contributed by atoms with van der Waals surface area (Å²) in [6, 6.07) is 4.29. The normalized spacial score (nSPS) is 18.1. The van der Waals surface area contributed by atoms with Crippen molar-refractivity contribution in [1.29, 1.82) is 0 Å². The van der Waals surface area contributed by atoms with E-state index < -0.39 is 0 Å². The fourth-order valence-electron chi connectivity index (χ4n) is 2.25. The fourth-order valence-corrected chi connectivity index (χ4v) is 2.25. The predicted octanol–water partition coefficient (Wildman–Crippen LogP) is 3.02. The summed E-state index contributed by atoms with van der Waals surface area (Å²) in [6.45, 7) is 6.73. The van der Waals surface area contributed by atoms with Crippen molar-refractivity contribution in [3.05, 3.63) is 24.0 Å². The molecule has 0 bridgehead atoms. The highest BCUT2D eigenvalue weighted by Gasteiger charge is 2.17. The molecule has 0 saturated carbocycles. The number of hydrogen-bond acceptors (Lipinski definition) is 2. The summed E-state index contributed by atoms with van der Waals surface area (Å²) in [7, 11) is 0. The Morgan fingerprint density at radius 1 is 1.33 bits per heavy atom. The average molecular weight is 204 g/mol. The smallest absolute Gasteiger partial charge is 0.0552 e. The molecule has 1 aromatic heterocycles. The van der Waals surface area contributed by atoms with Gasteiger partial charge in [0.05, 0.1) is 11.9 Å². The van der Waals surface area contributed by atoms with Crippen molar-refractivity contribution in [2.24, 2.45) is 5.92 Å². The number of rotatable bonds is 2. The number of aromatic nitrogens is 1. The van der Waals surface area contributed by atoms with E-state index in [0.29, 0.717) is 0 Å². The van der Waals surface area contributed by atoms with Gasteiger partial charge in [0.1, 0.15) is 0 Å². The zero-order chi connectivity index (χ0) is 10.7. The maximum atomic E-state index is 4.35. The second-order valence-corrected chi connectivity index (χ2v) is 4.50. The van der Waals surface area contributed by atoms with Gasteiger partial charge in [0.15, 0.2) is 0 Å². The van der Waals surface area contributed by atoms with E-state index in [2.05, 4.69) is 28.9 Å². The van der Waals surface area contributed by atoms with Crippen LogP contribution < -0.4 is 4.90 Å². The lowest BCUT2D eigenvalue weighted by Crippen LogP contribution is -2.33. The predicted molar refractivity (Wildman–Crippen MR) is 64.2 cm³/mol. The van der Waals surface area contributed by atoms with Crippen LogP contribution in [0.5, 0.6) is 0 Å². The summed E-state index contributed by atoms with van der Waals surface area (Å²) >= 11 is 0. The summed E-state index contributed by atoms with van der Waals surface area (Å²) in [5, 5.41) is 0. The van der Waals surface area contributed by atoms with Crippen molar-refractivity contribution in [2.45, 2.75) is 33.1 Å². The molecule has 2 nitrogen and oxygen atoms in total. The Morgan fingerprint density at radius 2 is 2.07 bits per heavy atom. The first-order valence-electron chi connectivity index (χ1n) is 5.97. The van der Waals surface area contributed by atoms with Gasteiger partial charge in [-0.2, -0.15) is 0 Å². The highest BCUT2D eigenvalue weighted by molar-refractivity contribution is 5.44. The highest BCUT2D eigenvalue weighted by Crippen LogP contribution is 2.24. The van der Waals surface area contributed by atoms with Crippen LogP contribution in [0.4, 0.5) is 5.69 Å². The maximum Gasteiger partial charge on any atom is 0.0552 e. The third-order valence-corrected chi connectivity index (χ3v) is 3.45. The first-order valence-corrected chi connectivity index (χ1v) is 5.97. The van der Waals surface area contributed by atoms with Crippen molar-refractivity contribution in [3.8, 4) is 0 Å². The maximum absolute atomic E-state index is 4.35. The summed E-state index contributed by atoms with van der Waals surface area (Å²) < 4.78 is 0. The van der Waals surface area contributed by atoms with Crippen LogP contribution >= 0.6 is 0 Å². The van der Waals surface area contributed by atoms with Crippen molar-refractivity contribution in [1.82, 2.24) is 4.98 Å². The van der Waals surface area contributed by atoms with Gasteiger partial charge in [-0.05, 0) is 37.8 Å². The van der Waals surface area contributed by atoms with Crippen LogP contribution in [0.25, 0.3) is 0 Å². The Bertz CT molecular complexity index is 297. The van der Waals surface area contributed by atoms with Crippen LogP contribution in [0.3, 0.4) is 0 Å². The van der Waals surface area contributed by atoms with Crippen LogP contribution in [-0.4, -0.2) is 18.1 Å². The van der Waals surface area contributed by atoms with Crippen LogP contribution in [-0.2, 0) is 0 Å². The Kier molecular flexibility index (Phi) is 3.24. The molecule has 2 heterocycles. The van der Waals surface area contributed by atoms with Gasteiger partial charge < -0.3 is 4.90 Å². The van der Waals surface area contributed by atoms with Gasteiger partial charge in [0, 0.05) is 18.8 Å². The molecule has 0 N–H and O–H groups in total. The molecule has 0 spiro atoms. The molecule has 0 aliphatic carbocycles. The molecule has 0 aromatic carbocycles. The Balaban J connectivity index is 1.98. The molecular formula is C13H20N2. The zero-order valence-electron chi connectivity index (χ0n) is 9.74. The van der Waals surface area contributed by atoms with Crippen LogP contribution in [0, 0.1) is 12.8 Å². The molecule has 82 valence electrons. The summed E-state index contributed by atoms with van der Waals surface area (Å²) in [5.41, 5.74) is 2.39. The van der Waals surface area contributed by atoms with Crippen LogP contribution in [0.15, 0.2) is 18.3 Å². The Labute approximate surface area is 92.3 Å². The highest BCUT2D eigenvalue weighted by atomic mass is 15.1. The Morgan fingerprint density at radius 3 is 2.60 bits per heavy atom. The minimum atomic E-state index is 0.944. The fraction of sp³-hybridized carbons (Fsp3) is 0.615. The summed E-state index contributed by atoms with van der Waals surface area (Å²) in [6.07, 6.45) is 6.01. The number of nitrogens with zero attached hydrogens (tertiary/aromatic N) is 2. The van der Waals surface area contributed by atoms with Crippen molar-refractivity contribution >= 4 is 5.69 Å². The number of anilines is 1. The van der Waals surface area contributed by atoms with E-state index in [1.54, 1.807) is 0 Å². The largest absolute Gasteiger partial charge is 0.370 e. The van der Waals surface area contributed by atoms with Crippen molar-refractivity contribution in [3.63, 3.8) is 0 Å². The average Bonchev–Trinajstić information content (AvgIpc) is 2.30. The van der Waals surface area contributed by atoms with Gasteiger partial charge >= 0.3 is 0 Å². The van der Waals surface area contributed by atoms with Gasteiger partial charge in [-0.3, -0.25) is 4.98 Å². The van der Waals surface area contributed by atoms with Crippen molar-refractivity contribution < 1.29 is 0 Å². The molecule has 1 saturated heterocycles. The number of aryl methyl sites for hydroxylation is 1. The molecule has 2 heteroatoms. The van der Waals surface area contributed by atoms with E-state index in [9.17, 15) is 0 Å². The molecular weight excluding hydrogens is 184 g/mol. The Hall–Kier alpha value is -1.05. The van der Waals surface area contributed by atoms with E-state index >= 15 is 0 Å². The summed E-state index contributed by atoms with van der Waals surface area (Å²) in [4.78, 5) is 6.81. The molecule has 0 atom stereocenters.